The molecule has 0 bridgehead atoms. The third kappa shape index (κ3) is 7.30. The van der Waals surface area contributed by atoms with Crippen LogP contribution in [0.4, 0.5) is 5.69 Å². The van der Waals surface area contributed by atoms with Crippen LogP contribution in [0, 0.1) is 18.7 Å². The summed E-state index contributed by atoms with van der Waals surface area (Å²) in [6, 6.07) is 61.4. The summed E-state index contributed by atoms with van der Waals surface area (Å²) in [5, 5.41) is 5.62. The molecule has 0 aliphatic rings. The molecule has 0 aliphatic carbocycles. The van der Waals surface area contributed by atoms with E-state index in [2.05, 4.69) is 171 Å². The molecule has 0 saturated carbocycles. The molecule has 0 spiro atoms. The van der Waals surface area contributed by atoms with Crippen molar-refractivity contribution >= 4 is 71.2 Å². The smallest absolute Gasteiger partial charge is 0.503 e. The maximum Gasteiger partial charge on any atom is 2.00 e. The molecule has 336 valence electrons. The second-order valence-electron chi connectivity index (χ2n) is 19.6. The van der Waals surface area contributed by atoms with E-state index < -0.39 is 0 Å². The van der Waals surface area contributed by atoms with Crippen LogP contribution in [-0.2, 0) is 31.9 Å². The number of fused-ring (bicyclic) bond motifs is 9. The van der Waals surface area contributed by atoms with Crippen LogP contribution in [0.2, 0.25) is 0 Å². The topological polar surface area (TPSA) is 62.4 Å². The molecule has 8 heteroatoms. The van der Waals surface area contributed by atoms with Crippen LogP contribution in [0.15, 0.2) is 168 Å². The third-order valence-corrected chi connectivity index (χ3v) is 13.1. The Balaban J connectivity index is 0.00000520. The summed E-state index contributed by atoms with van der Waals surface area (Å²) < 4.78 is 18.3. The van der Waals surface area contributed by atoms with Crippen molar-refractivity contribution in [2.45, 2.75) is 52.4 Å². The summed E-state index contributed by atoms with van der Waals surface area (Å²) in [4.78, 5) is 14.2. The molecule has 12 aromatic rings. The molecule has 4 heterocycles. The molecule has 0 unspecified atom stereocenters. The second kappa shape index (κ2) is 16.5. The van der Waals surface area contributed by atoms with Crippen molar-refractivity contribution in [3.8, 4) is 45.5 Å². The van der Waals surface area contributed by atoms with Gasteiger partial charge in [-0.15, -0.1) is 17.5 Å². The van der Waals surface area contributed by atoms with Crippen molar-refractivity contribution in [1.82, 2.24) is 19.1 Å². The number of hydrogen-bond donors (Lipinski definition) is 0. The number of benzene rings is 8. The van der Waals surface area contributed by atoms with E-state index in [9.17, 15) is 0 Å². The fraction of sp³-hybridized carbons (Fsp3) is 0.131. The normalized spacial score (nSPS) is 12.1. The number of hydrogen-bond acceptors (Lipinski definition) is 4. The van der Waals surface area contributed by atoms with Crippen molar-refractivity contribution in [3.63, 3.8) is 0 Å². The summed E-state index contributed by atoms with van der Waals surface area (Å²) >= 11 is 0. The molecule has 0 aliphatic heterocycles. The van der Waals surface area contributed by atoms with Gasteiger partial charge in [0.2, 0.25) is 0 Å². The van der Waals surface area contributed by atoms with Gasteiger partial charge in [-0.1, -0.05) is 161 Å². The average molecular weight is 1080 g/mol. The standard InChI is InChI=1S/C61H45N5O2.Pt/c1-60(2,3)39-29-30-63-56(32-39)65-51-23-15-13-20-43(51)44-27-26-40(35-54(44)65)67-41-33-46-57-45-21-12-11-19-42(45)50(62-7)36-55(57)68-58(46)47(34-41)59-64-49-22-14-16-24-53(49)66(59)52-28-25-38(31-48(52)61(4,5)6)37-17-9-8-10-18-37;/h8-33,36H,1-6H3;/q-2;+2. The zero-order valence-electron chi connectivity index (χ0n) is 39.0. The number of furan rings is 1. The molecule has 0 saturated heterocycles. The fourth-order valence-electron chi connectivity index (χ4n) is 9.82. The summed E-state index contributed by atoms with van der Waals surface area (Å²) in [7, 11) is 0. The first-order valence-electron chi connectivity index (χ1n) is 22.9. The van der Waals surface area contributed by atoms with E-state index in [1.807, 2.05) is 60.8 Å². The van der Waals surface area contributed by atoms with Gasteiger partial charge in [-0.3, -0.25) is 4.98 Å². The van der Waals surface area contributed by atoms with Crippen molar-refractivity contribution in [2.24, 2.45) is 0 Å². The van der Waals surface area contributed by atoms with Crippen LogP contribution in [0.25, 0.3) is 104 Å². The monoisotopic (exact) mass is 1070 g/mol. The molecule has 0 amide bonds. The maximum absolute atomic E-state index is 8.13. The average Bonchev–Trinajstić information content (AvgIpc) is 4.03. The first kappa shape index (κ1) is 43.8. The minimum Gasteiger partial charge on any atom is -0.503 e. The van der Waals surface area contributed by atoms with Gasteiger partial charge in [0.05, 0.1) is 29.0 Å². The van der Waals surface area contributed by atoms with E-state index in [1.165, 1.54) is 5.56 Å². The summed E-state index contributed by atoms with van der Waals surface area (Å²) in [5.74, 6) is 2.45. The molecule has 0 fully saturated rings. The van der Waals surface area contributed by atoms with E-state index in [-0.39, 0.29) is 31.9 Å². The Hall–Kier alpha value is -7.78. The molecule has 7 nitrogen and oxygen atoms in total. The molecule has 8 aromatic carbocycles. The van der Waals surface area contributed by atoms with Crippen LogP contribution in [0.5, 0.6) is 11.5 Å². The summed E-state index contributed by atoms with van der Waals surface area (Å²) in [6.07, 6.45) is 1.89. The number of pyridine rings is 1. The number of nitrogens with zero attached hydrogens (tertiary/aromatic N) is 5. The van der Waals surface area contributed by atoms with Gasteiger partial charge in [0, 0.05) is 34.3 Å². The zero-order valence-corrected chi connectivity index (χ0v) is 41.2. The minimum absolute atomic E-state index is 0. The van der Waals surface area contributed by atoms with Gasteiger partial charge in [-0.2, -0.15) is 6.07 Å². The van der Waals surface area contributed by atoms with Gasteiger partial charge in [-0.25, -0.2) is 9.83 Å². The number of rotatable bonds is 6. The van der Waals surface area contributed by atoms with Crippen molar-refractivity contribution in [3.05, 3.63) is 199 Å². The van der Waals surface area contributed by atoms with Crippen molar-refractivity contribution in [2.75, 3.05) is 0 Å². The molecule has 0 N–H and O–H groups in total. The fourth-order valence-corrected chi connectivity index (χ4v) is 9.82. The first-order valence-corrected chi connectivity index (χ1v) is 22.9. The minimum atomic E-state index is -0.248. The van der Waals surface area contributed by atoms with Crippen LogP contribution >= 0.6 is 0 Å². The number of imidazole rings is 1. The molecule has 4 aromatic heterocycles. The Morgan fingerprint density at radius 3 is 2.10 bits per heavy atom. The van der Waals surface area contributed by atoms with E-state index in [4.69, 9.17) is 25.7 Å². The van der Waals surface area contributed by atoms with Crippen LogP contribution in [0.1, 0.15) is 52.7 Å². The van der Waals surface area contributed by atoms with Crippen LogP contribution in [0.3, 0.4) is 0 Å². The third-order valence-electron chi connectivity index (χ3n) is 13.1. The van der Waals surface area contributed by atoms with Gasteiger partial charge in [0.15, 0.2) is 5.69 Å². The van der Waals surface area contributed by atoms with Gasteiger partial charge in [0.25, 0.3) is 0 Å². The first-order chi connectivity index (χ1) is 32.9. The summed E-state index contributed by atoms with van der Waals surface area (Å²) in [5.41, 5.74) is 11.3. The molecule has 0 radical (unpaired) electrons. The van der Waals surface area contributed by atoms with E-state index in [1.54, 1.807) is 0 Å². The van der Waals surface area contributed by atoms with Gasteiger partial charge >= 0.3 is 21.1 Å². The number of para-hydroxylation sites is 3. The number of aromatic nitrogens is 4. The molecule has 12 rings (SSSR count). The SMILES string of the molecule is [C-]#[N+]c1cc2oc3c(-c4nc5ccccc5n4-c4ccc(-c5ccccc5)cc4C(C)(C)C)[c-]c(Oc4[c-]c5c(cc4)c4ccccc4n5-c4cc(C(C)(C)C)ccn4)cc3c2c2ccccc12.[Pt+2]. The van der Waals surface area contributed by atoms with Gasteiger partial charge in [-0.05, 0) is 97.8 Å². The zero-order chi connectivity index (χ0) is 46.5. The van der Waals surface area contributed by atoms with Crippen LogP contribution < -0.4 is 4.74 Å². The van der Waals surface area contributed by atoms with Crippen LogP contribution in [-0.4, -0.2) is 19.1 Å². The quantitative estimate of drug-likeness (QED) is 0.156. The van der Waals surface area contributed by atoms with Crippen molar-refractivity contribution < 1.29 is 30.2 Å². The number of ether oxygens (including phenoxy) is 1. The predicted octanol–water partition coefficient (Wildman–Crippen LogP) is 16.4. The second-order valence-corrected chi connectivity index (χ2v) is 19.6. The Labute approximate surface area is 414 Å². The van der Waals surface area contributed by atoms with Gasteiger partial charge < -0.3 is 18.3 Å². The molecule has 0 atom stereocenters. The van der Waals surface area contributed by atoms with Crippen molar-refractivity contribution in [1.29, 1.82) is 0 Å². The molecular formula is C61H45N5O2Pt. The van der Waals surface area contributed by atoms with E-state index in [0.717, 1.165) is 82.6 Å². The molecular weight excluding hydrogens is 1030 g/mol. The maximum atomic E-state index is 8.13. The Bertz CT molecular complexity index is 4050. The summed E-state index contributed by atoms with van der Waals surface area (Å²) in [6.45, 7) is 21.5. The van der Waals surface area contributed by atoms with E-state index in [0.29, 0.717) is 39.7 Å². The largest absolute Gasteiger partial charge is 2.00 e. The Morgan fingerprint density at radius 2 is 1.33 bits per heavy atom. The molecule has 69 heavy (non-hydrogen) atoms. The van der Waals surface area contributed by atoms with Gasteiger partial charge in [0.1, 0.15) is 11.4 Å². The Kier molecular flexibility index (Phi) is 10.4. The Morgan fingerprint density at radius 1 is 0.609 bits per heavy atom. The van der Waals surface area contributed by atoms with E-state index >= 15 is 0 Å². The predicted molar refractivity (Wildman–Crippen MR) is 277 cm³/mol.